The molecule has 5 heteroatoms. The molecule has 3 nitrogen and oxygen atoms in total. The molecular weight excluding hydrogens is 314 g/mol. The van der Waals surface area contributed by atoms with E-state index in [1.165, 1.54) is 0 Å². The molecule has 0 saturated heterocycles. The molecule has 100 valence electrons. The van der Waals surface area contributed by atoms with Crippen LogP contribution in [0, 0.1) is 0 Å². The van der Waals surface area contributed by atoms with Crippen LogP contribution in [0.2, 0.25) is 0 Å². The Kier molecular flexibility index (Phi) is 4.14. The summed E-state index contributed by atoms with van der Waals surface area (Å²) < 4.78 is 25.3. The van der Waals surface area contributed by atoms with E-state index in [9.17, 15) is 8.42 Å². The summed E-state index contributed by atoms with van der Waals surface area (Å²) in [5.41, 5.74) is 0.899. The predicted octanol–water partition coefficient (Wildman–Crippen LogP) is 3.06. The lowest BCUT2D eigenvalue weighted by molar-refractivity contribution is 0.447. The second kappa shape index (κ2) is 5.31. The summed E-state index contributed by atoms with van der Waals surface area (Å²) in [5.74, 6) is 0.235. The second-order valence-corrected chi connectivity index (χ2v) is 7.89. The van der Waals surface area contributed by atoms with Crippen LogP contribution in [0.5, 0.6) is 0 Å². The molecule has 1 aliphatic heterocycles. The van der Waals surface area contributed by atoms with Crippen molar-refractivity contribution in [2.24, 2.45) is 0 Å². The average molecular weight is 332 g/mol. The van der Waals surface area contributed by atoms with Crippen LogP contribution < -0.4 is 5.32 Å². The van der Waals surface area contributed by atoms with Crippen molar-refractivity contribution in [1.82, 2.24) is 5.32 Å². The van der Waals surface area contributed by atoms with Gasteiger partial charge in [0.2, 0.25) is 0 Å². The summed E-state index contributed by atoms with van der Waals surface area (Å²) in [5, 5.41) is 3.46. The monoisotopic (exact) mass is 331 g/mol. The van der Waals surface area contributed by atoms with Crippen LogP contribution in [0.4, 0.5) is 0 Å². The first-order chi connectivity index (χ1) is 8.42. The van der Waals surface area contributed by atoms with Gasteiger partial charge in [-0.05, 0) is 40.4 Å². The van der Waals surface area contributed by atoms with Crippen LogP contribution in [-0.4, -0.2) is 20.2 Å². The summed E-state index contributed by atoms with van der Waals surface area (Å²) in [6, 6.07) is 6.08. The SMILES string of the molecule is CC(C)NC1CCCS(=O)(=O)c2c(Br)cccc21. The fraction of sp³-hybridized carbons (Fsp3) is 0.538. The highest BCUT2D eigenvalue weighted by molar-refractivity contribution is 9.10. The van der Waals surface area contributed by atoms with Gasteiger partial charge in [-0.2, -0.15) is 0 Å². The molecule has 1 aliphatic rings. The van der Waals surface area contributed by atoms with Crippen LogP contribution in [0.1, 0.15) is 38.3 Å². The predicted molar refractivity (Wildman–Crippen MR) is 76.4 cm³/mol. The van der Waals surface area contributed by atoms with E-state index in [1.54, 1.807) is 6.07 Å². The zero-order valence-electron chi connectivity index (χ0n) is 10.6. The zero-order valence-corrected chi connectivity index (χ0v) is 13.0. The van der Waals surface area contributed by atoms with Crippen LogP contribution in [0.25, 0.3) is 0 Å². The summed E-state index contributed by atoms with van der Waals surface area (Å²) in [4.78, 5) is 0.473. The van der Waals surface area contributed by atoms with Crippen molar-refractivity contribution >= 4 is 25.8 Å². The number of fused-ring (bicyclic) bond motifs is 1. The van der Waals surface area contributed by atoms with Gasteiger partial charge in [-0.1, -0.05) is 26.0 Å². The molecule has 0 aliphatic carbocycles. The highest BCUT2D eigenvalue weighted by Gasteiger charge is 2.29. The molecule has 1 heterocycles. The lowest BCUT2D eigenvalue weighted by Crippen LogP contribution is -2.28. The van der Waals surface area contributed by atoms with E-state index in [4.69, 9.17) is 0 Å². The fourth-order valence-electron chi connectivity index (χ4n) is 2.44. The van der Waals surface area contributed by atoms with Gasteiger partial charge < -0.3 is 5.32 Å². The molecule has 0 fully saturated rings. The molecular formula is C13H18BrNO2S. The number of rotatable bonds is 2. The summed E-state index contributed by atoms with van der Waals surface area (Å²) >= 11 is 3.38. The summed E-state index contributed by atoms with van der Waals surface area (Å²) in [6.45, 7) is 4.16. The Bertz CT molecular complexity index is 540. The highest BCUT2D eigenvalue weighted by atomic mass is 79.9. The van der Waals surface area contributed by atoms with Gasteiger partial charge in [-0.25, -0.2) is 8.42 Å². The number of sulfone groups is 1. The molecule has 18 heavy (non-hydrogen) atoms. The fourth-order valence-corrected chi connectivity index (χ4v) is 5.25. The third kappa shape index (κ3) is 2.78. The molecule has 2 rings (SSSR count). The quantitative estimate of drug-likeness (QED) is 0.905. The largest absolute Gasteiger partial charge is 0.308 e. The van der Waals surface area contributed by atoms with E-state index in [1.807, 2.05) is 12.1 Å². The van der Waals surface area contributed by atoms with E-state index in [-0.39, 0.29) is 11.8 Å². The van der Waals surface area contributed by atoms with Crippen molar-refractivity contribution in [2.75, 3.05) is 5.75 Å². The first-order valence-corrected chi connectivity index (χ1v) is 8.63. The lowest BCUT2D eigenvalue weighted by atomic mass is 10.0. The molecule has 1 N–H and O–H groups in total. The molecule has 1 aromatic carbocycles. The first-order valence-electron chi connectivity index (χ1n) is 6.19. The molecule has 0 bridgehead atoms. The number of halogens is 1. The molecule has 0 aromatic heterocycles. The van der Waals surface area contributed by atoms with Crippen molar-refractivity contribution in [2.45, 2.75) is 43.7 Å². The molecule has 0 radical (unpaired) electrons. The first kappa shape index (κ1) is 14.0. The molecule has 1 unspecified atom stereocenters. The van der Waals surface area contributed by atoms with Crippen molar-refractivity contribution in [1.29, 1.82) is 0 Å². The van der Waals surface area contributed by atoms with Gasteiger partial charge in [-0.3, -0.25) is 0 Å². The molecule has 1 atom stereocenters. The van der Waals surface area contributed by atoms with E-state index in [2.05, 4.69) is 35.1 Å². The Morgan fingerprint density at radius 1 is 1.39 bits per heavy atom. The van der Waals surface area contributed by atoms with Gasteiger partial charge in [0, 0.05) is 16.6 Å². The van der Waals surface area contributed by atoms with Crippen LogP contribution in [-0.2, 0) is 9.84 Å². The Hall–Kier alpha value is -0.390. The summed E-state index contributed by atoms with van der Waals surface area (Å²) in [7, 11) is -3.16. The van der Waals surface area contributed by atoms with E-state index in [0.29, 0.717) is 21.8 Å². The minimum absolute atomic E-state index is 0.120. The maximum absolute atomic E-state index is 12.3. The average Bonchev–Trinajstić information content (AvgIpc) is 2.37. The van der Waals surface area contributed by atoms with Crippen LogP contribution in [0.3, 0.4) is 0 Å². The van der Waals surface area contributed by atoms with Gasteiger partial charge in [0.25, 0.3) is 0 Å². The molecule has 0 amide bonds. The maximum atomic E-state index is 12.3. The Morgan fingerprint density at radius 3 is 2.78 bits per heavy atom. The van der Waals surface area contributed by atoms with Gasteiger partial charge in [0.15, 0.2) is 9.84 Å². The third-order valence-corrected chi connectivity index (χ3v) is 5.95. The topological polar surface area (TPSA) is 46.2 Å². The van der Waals surface area contributed by atoms with E-state index < -0.39 is 9.84 Å². The van der Waals surface area contributed by atoms with E-state index >= 15 is 0 Å². The van der Waals surface area contributed by atoms with Crippen molar-refractivity contribution in [3.05, 3.63) is 28.2 Å². The van der Waals surface area contributed by atoms with Gasteiger partial charge in [-0.15, -0.1) is 0 Å². The minimum atomic E-state index is -3.16. The molecule has 0 saturated carbocycles. The molecule has 0 spiro atoms. The number of hydrogen-bond donors (Lipinski definition) is 1. The van der Waals surface area contributed by atoms with Gasteiger partial charge in [0.1, 0.15) is 0 Å². The third-order valence-electron chi connectivity index (χ3n) is 3.12. The van der Waals surface area contributed by atoms with Crippen molar-refractivity contribution < 1.29 is 8.42 Å². The lowest BCUT2D eigenvalue weighted by Gasteiger charge is -2.21. The van der Waals surface area contributed by atoms with Crippen molar-refractivity contribution in [3.8, 4) is 0 Å². The van der Waals surface area contributed by atoms with Gasteiger partial charge in [0.05, 0.1) is 10.6 Å². The van der Waals surface area contributed by atoms with Crippen LogP contribution >= 0.6 is 15.9 Å². The summed E-state index contributed by atoms with van der Waals surface area (Å²) in [6.07, 6.45) is 1.56. The number of benzene rings is 1. The van der Waals surface area contributed by atoms with Crippen molar-refractivity contribution in [3.63, 3.8) is 0 Å². The zero-order chi connectivity index (χ0) is 13.3. The highest BCUT2D eigenvalue weighted by Crippen LogP contribution is 2.35. The number of hydrogen-bond acceptors (Lipinski definition) is 3. The molecule has 1 aromatic rings. The van der Waals surface area contributed by atoms with Crippen LogP contribution in [0.15, 0.2) is 27.6 Å². The normalized spacial score (nSPS) is 22.6. The smallest absolute Gasteiger partial charge is 0.179 e. The Morgan fingerprint density at radius 2 is 2.11 bits per heavy atom. The number of nitrogens with one attached hydrogen (secondary N) is 1. The second-order valence-electron chi connectivity index (χ2n) is 4.99. The maximum Gasteiger partial charge on any atom is 0.179 e. The standard InChI is InChI=1S/C13H18BrNO2S/c1-9(2)15-12-7-4-8-18(16,17)13-10(12)5-3-6-11(13)14/h3,5-6,9,12,15H,4,7-8H2,1-2H3. The Labute approximate surface area is 117 Å². The van der Waals surface area contributed by atoms with Gasteiger partial charge >= 0.3 is 0 Å². The minimum Gasteiger partial charge on any atom is -0.308 e. The Balaban J connectivity index is 2.56. The van der Waals surface area contributed by atoms with E-state index in [0.717, 1.165) is 12.0 Å².